The van der Waals surface area contributed by atoms with Crippen LogP contribution in [0.1, 0.15) is 31.2 Å². The molecule has 2 rings (SSSR count). The Morgan fingerprint density at radius 2 is 2.06 bits per heavy atom. The van der Waals surface area contributed by atoms with Crippen molar-refractivity contribution in [3.63, 3.8) is 0 Å². The number of benzene rings is 1. The van der Waals surface area contributed by atoms with Crippen LogP contribution < -0.4 is 10.5 Å². The third-order valence-electron chi connectivity index (χ3n) is 3.14. The first-order valence-electron chi connectivity index (χ1n) is 5.99. The van der Waals surface area contributed by atoms with Crippen molar-refractivity contribution in [3.05, 3.63) is 29.3 Å². The lowest BCUT2D eigenvalue weighted by Gasteiger charge is -2.11. The Kier molecular flexibility index (Phi) is 3.62. The van der Waals surface area contributed by atoms with Gasteiger partial charge in [-0.05, 0) is 37.3 Å². The molecule has 2 unspecified atom stereocenters. The molecule has 4 heteroatoms. The number of rotatable bonds is 5. The van der Waals surface area contributed by atoms with Crippen molar-refractivity contribution in [3.8, 4) is 5.75 Å². The summed E-state index contributed by atoms with van der Waals surface area (Å²) in [5.41, 5.74) is 6.33. The number of hydrogen-bond acceptors (Lipinski definition) is 2. The van der Waals surface area contributed by atoms with Crippen LogP contribution in [-0.2, 0) is 0 Å². The second kappa shape index (κ2) is 5.00. The molecule has 0 radical (unpaired) electrons. The van der Waals surface area contributed by atoms with Crippen molar-refractivity contribution in [2.45, 2.75) is 25.7 Å². The van der Waals surface area contributed by atoms with Gasteiger partial charge in [-0.3, -0.25) is 0 Å². The van der Waals surface area contributed by atoms with Crippen LogP contribution >= 0.6 is 0 Å². The Labute approximate surface area is 99.8 Å². The van der Waals surface area contributed by atoms with Crippen molar-refractivity contribution < 1.29 is 13.5 Å². The van der Waals surface area contributed by atoms with E-state index in [4.69, 9.17) is 10.5 Å². The van der Waals surface area contributed by atoms with Crippen LogP contribution in [-0.4, -0.2) is 13.2 Å². The van der Waals surface area contributed by atoms with Crippen LogP contribution in [0.3, 0.4) is 0 Å². The Morgan fingerprint density at radius 3 is 2.65 bits per heavy atom. The largest absolute Gasteiger partial charge is 0.493 e. The van der Waals surface area contributed by atoms with Gasteiger partial charge in [-0.1, -0.05) is 6.92 Å². The summed E-state index contributed by atoms with van der Waals surface area (Å²) in [6.07, 6.45) is 1.77. The molecule has 0 heterocycles. The molecule has 0 aliphatic heterocycles. The molecule has 2 nitrogen and oxygen atoms in total. The lowest BCUT2D eigenvalue weighted by Crippen LogP contribution is -2.04. The van der Waals surface area contributed by atoms with E-state index in [-0.39, 0.29) is 5.92 Å². The maximum absolute atomic E-state index is 13.2. The second-order valence-corrected chi connectivity index (χ2v) is 4.49. The first kappa shape index (κ1) is 12.3. The summed E-state index contributed by atoms with van der Waals surface area (Å²) in [6.45, 7) is 3.06. The van der Waals surface area contributed by atoms with Gasteiger partial charge in [0.1, 0.15) is 5.75 Å². The first-order chi connectivity index (χ1) is 8.17. The number of halogens is 2. The summed E-state index contributed by atoms with van der Waals surface area (Å²) >= 11 is 0. The maximum atomic E-state index is 13.2. The van der Waals surface area contributed by atoms with E-state index in [0.29, 0.717) is 24.8 Å². The highest BCUT2D eigenvalue weighted by Gasteiger charge is 2.39. The van der Waals surface area contributed by atoms with E-state index in [2.05, 4.69) is 0 Å². The normalized spacial score (nSPS) is 22.6. The predicted molar refractivity (Wildman–Crippen MR) is 62.0 cm³/mol. The second-order valence-electron chi connectivity index (χ2n) is 4.49. The Balaban J connectivity index is 2.25. The van der Waals surface area contributed by atoms with E-state index >= 15 is 0 Å². The van der Waals surface area contributed by atoms with E-state index < -0.39 is 11.6 Å². The van der Waals surface area contributed by atoms with E-state index in [9.17, 15) is 8.78 Å². The molecular formula is C13H17F2NO. The summed E-state index contributed by atoms with van der Waals surface area (Å²) in [7, 11) is 0. The van der Waals surface area contributed by atoms with Crippen LogP contribution in [0.4, 0.5) is 8.78 Å². The fraction of sp³-hybridized carbons (Fsp3) is 0.538. The molecular weight excluding hydrogens is 224 g/mol. The van der Waals surface area contributed by atoms with Crippen LogP contribution in [0.25, 0.3) is 0 Å². The Bertz CT molecular complexity index is 409. The molecule has 1 aliphatic carbocycles. The lowest BCUT2D eigenvalue weighted by molar-refractivity contribution is 0.310. The first-order valence-corrected chi connectivity index (χ1v) is 5.99. The van der Waals surface area contributed by atoms with Crippen LogP contribution in [0, 0.1) is 17.6 Å². The average molecular weight is 241 g/mol. The van der Waals surface area contributed by atoms with Crippen molar-refractivity contribution >= 4 is 0 Å². The van der Waals surface area contributed by atoms with Crippen molar-refractivity contribution in [2.75, 3.05) is 13.2 Å². The topological polar surface area (TPSA) is 35.2 Å². The summed E-state index contributed by atoms with van der Waals surface area (Å²) in [4.78, 5) is 0. The third-order valence-corrected chi connectivity index (χ3v) is 3.14. The average Bonchev–Trinajstić information content (AvgIpc) is 3.09. The van der Waals surface area contributed by atoms with Gasteiger partial charge in [0.15, 0.2) is 11.6 Å². The predicted octanol–water partition coefficient (Wildman–Crippen LogP) is 2.82. The van der Waals surface area contributed by atoms with Crippen molar-refractivity contribution in [2.24, 2.45) is 11.7 Å². The minimum absolute atomic E-state index is 0.224. The number of hydrogen-bond donors (Lipinski definition) is 1. The Hall–Kier alpha value is -1.16. The molecule has 0 bridgehead atoms. The van der Waals surface area contributed by atoms with E-state index in [1.807, 2.05) is 6.92 Å². The van der Waals surface area contributed by atoms with Gasteiger partial charge in [-0.15, -0.1) is 0 Å². The van der Waals surface area contributed by atoms with Crippen molar-refractivity contribution in [1.29, 1.82) is 0 Å². The molecule has 2 N–H and O–H groups in total. The standard InChI is InChI=1S/C13H17F2NO/c1-2-3-17-13-6-12(15)11(14)5-10(13)9-4-8(9)7-16/h5-6,8-9H,2-4,7,16H2,1H3. The zero-order chi connectivity index (χ0) is 12.4. The van der Waals surface area contributed by atoms with Crippen LogP contribution in [0.15, 0.2) is 12.1 Å². The highest BCUT2D eigenvalue weighted by molar-refractivity contribution is 5.40. The van der Waals surface area contributed by atoms with Gasteiger partial charge in [0.25, 0.3) is 0 Å². The SMILES string of the molecule is CCCOc1cc(F)c(F)cc1C1CC1CN. The Morgan fingerprint density at radius 1 is 1.35 bits per heavy atom. The lowest BCUT2D eigenvalue weighted by atomic mass is 10.1. The molecule has 0 amide bonds. The summed E-state index contributed by atoms with van der Waals surface area (Å²) in [5, 5.41) is 0. The molecule has 17 heavy (non-hydrogen) atoms. The number of ether oxygens (including phenoxy) is 1. The molecule has 0 aromatic heterocycles. The van der Waals surface area contributed by atoms with Gasteiger partial charge in [-0.2, -0.15) is 0 Å². The molecule has 0 spiro atoms. The molecule has 1 aromatic rings. The van der Waals surface area contributed by atoms with Gasteiger partial charge in [0, 0.05) is 11.6 Å². The third kappa shape index (κ3) is 2.57. The summed E-state index contributed by atoms with van der Waals surface area (Å²) in [6, 6.07) is 2.40. The fourth-order valence-electron chi connectivity index (χ4n) is 2.06. The maximum Gasteiger partial charge on any atom is 0.162 e. The molecule has 94 valence electrons. The minimum Gasteiger partial charge on any atom is -0.493 e. The highest BCUT2D eigenvalue weighted by Crippen LogP contribution is 2.50. The van der Waals surface area contributed by atoms with Gasteiger partial charge in [0.2, 0.25) is 0 Å². The van der Waals surface area contributed by atoms with Gasteiger partial charge in [0.05, 0.1) is 6.61 Å². The summed E-state index contributed by atoms with van der Waals surface area (Å²) in [5.74, 6) is -0.603. The zero-order valence-electron chi connectivity index (χ0n) is 9.88. The zero-order valence-corrected chi connectivity index (χ0v) is 9.88. The highest BCUT2D eigenvalue weighted by atomic mass is 19.2. The smallest absolute Gasteiger partial charge is 0.162 e. The molecule has 1 saturated carbocycles. The molecule has 1 fully saturated rings. The van der Waals surface area contributed by atoms with E-state index in [1.54, 1.807) is 0 Å². The van der Waals surface area contributed by atoms with Gasteiger partial charge < -0.3 is 10.5 Å². The quantitative estimate of drug-likeness (QED) is 0.860. The van der Waals surface area contributed by atoms with Gasteiger partial charge >= 0.3 is 0 Å². The number of nitrogens with two attached hydrogens (primary N) is 1. The fourth-order valence-corrected chi connectivity index (χ4v) is 2.06. The van der Waals surface area contributed by atoms with Crippen molar-refractivity contribution in [1.82, 2.24) is 0 Å². The van der Waals surface area contributed by atoms with Crippen LogP contribution in [0.2, 0.25) is 0 Å². The van der Waals surface area contributed by atoms with E-state index in [1.165, 1.54) is 6.07 Å². The monoisotopic (exact) mass is 241 g/mol. The molecule has 2 atom stereocenters. The molecule has 1 aliphatic rings. The molecule has 1 aromatic carbocycles. The molecule has 0 saturated heterocycles. The minimum atomic E-state index is -0.857. The van der Waals surface area contributed by atoms with Crippen LogP contribution in [0.5, 0.6) is 5.75 Å². The van der Waals surface area contributed by atoms with Gasteiger partial charge in [-0.25, -0.2) is 8.78 Å². The summed E-state index contributed by atoms with van der Waals surface area (Å²) < 4.78 is 31.9. The van der Waals surface area contributed by atoms with E-state index in [0.717, 1.165) is 24.5 Å².